The van der Waals surface area contributed by atoms with E-state index in [9.17, 15) is 8.42 Å². The molecule has 0 radical (unpaired) electrons. The van der Waals surface area contributed by atoms with Crippen molar-refractivity contribution in [3.8, 4) is 10.6 Å². The van der Waals surface area contributed by atoms with Crippen LogP contribution in [0.25, 0.3) is 10.6 Å². The molecule has 0 amide bonds. The molecule has 0 spiro atoms. The molecular formula is C14H16N4O2S3. The SMILES string of the molecule is Cc1csc(NS(=O)(=O)c2cn(C(C)C)nc2-c2cccs2)n1. The van der Waals surface area contributed by atoms with Crippen LogP contribution in [0, 0.1) is 6.92 Å². The number of anilines is 1. The Morgan fingerprint density at radius 3 is 2.65 bits per heavy atom. The van der Waals surface area contributed by atoms with Gasteiger partial charge in [0.15, 0.2) is 5.13 Å². The van der Waals surface area contributed by atoms with Crippen LogP contribution >= 0.6 is 22.7 Å². The summed E-state index contributed by atoms with van der Waals surface area (Å²) in [6.07, 6.45) is 1.57. The molecule has 0 aliphatic rings. The van der Waals surface area contributed by atoms with Crippen LogP contribution in [-0.4, -0.2) is 23.2 Å². The largest absolute Gasteiger partial charge is 0.268 e. The van der Waals surface area contributed by atoms with Crippen LogP contribution in [0.4, 0.5) is 5.13 Å². The van der Waals surface area contributed by atoms with Crippen molar-refractivity contribution >= 4 is 37.8 Å². The molecule has 1 N–H and O–H groups in total. The van der Waals surface area contributed by atoms with Gasteiger partial charge >= 0.3 is 0 Å². The highest BCUT2D eigenvalue weighted by Gasteiger charge is 2.25. The number of thiazole rings is 1. The van der Waals surface area contributed by atoms with E-state index < -0.39 is 10.0 Å². The van der Waals surface area contributed by atoms with Gasteiger partial charge in [0.25, 0.3) is 10.0 Å². The van der Waals surface area contributed by atoms with E-state index in [1.54, 1.807) is 16.3 Å². The Morgan fingerprint density at radius 1 is 1.30 bits per heavy atom. The molecule has 0 saturated heterocycles. The number of hydrogen-bond acceptors (Lipinski definition) is 6. The second-order valence-corrected chi connectivity index (χ2v) is 8.75. The molecule has 0 aliphatic heterocycles. The first-order valence-corrected chi connectivity index (χ1v) is 10.2. The lowest BCUT2D eigenvalue weighted by atomic mass is 10.3. The summed E-state index contributed by atoms with van der Waals surface area (Å²) >= 11 is 2.72. The van der Waals surface area contributed by atoms with Crippen LogP contribution < -0.4 is 4.72 Å². The van der Waals surface area contributed by atoms with Crippen LogP contribution in [0.5, 0.6) is 0 Å². The quantitative estimate of drug-likeness (QED) is 0.744. The first-order valence-electron chi connectivity index (χ1n) is 6.95. The third kappa shape index (κ3) is 3.31. The second kappa shape index (κ2) is 6.06. The zero-order chi connectivity index (χ0) is 16.6. The molecule has 0 fully saturated rings. The minimum Gasteiger partial charge on any atom is -0.268 e. The van der Waals surface area contributed by atoms with Crippen molar-refractivity contribution in [1.82, 2.24) is 14.8 Å². The van der Waals surface area contributed by atoms with Crippen LogP contribution in [0.15, 0.2) is 34.0 Å². The number of nitrogens with zero attached hydrogens (tertiary/aromatic N) is 3. The second-order valence-electron chi connectivity index (χ2n) is 5.29. The highest BCUT2D eigenvalue weighted by molar-refractivity contribution is 7.93. The van der Waals surface area contributed by atoms with Gasteiger partial charge in [-0.2, -0.15) is 5.10 Å². The van der Waals surface area contributed by atoms with E-state index >= 15 is 0 Å². The molecule has 3 aromatic heterocycles. The van der Waals surface area contributed by atoms with E-state index in [1.807, 2.05) is 38.3 Å². The van der Waals surface area contributed by atoms with Crippen molar-refractivity contribution in [1.29, 1.82) is 0 Å². The molecule has 0 aliphatic carbocycles. The van der Waals surface area contributed by atoms with Crippen LogP contribution in [-0.2, 0) is 10.0 Å². The predicted molar refractivity (Wildman–Crippen MR) is 93.6 cm³/mol. The van der Waals surface area contributed by atoms with E-state index in [-0.39, 0.29) is 10.9 Å². The molecule has 0 atom stereocenters. The van der Waals surface area contributed by atoms with Crippen molar-refractivity contribution in [2.75, 3.05) is 4.72 Å². The number of thiophene rings is 1. The average molecular weight is 369 g/mol. The number of aromatic nitrogens is 3. The van der Waals surface area contributed by atoms with Crippen molar-refractivity contribution in [3.63, 3.8) is 0 Å². The molecule has 3 rings (SSSR count). The monoisotopic (exact) mass is 368 g/mol. The summed E-state index contributed by atoms with van der Waals surface area (Å²) < 4.78 is 29.7. The van der Waals surface area contributed by atoms with Gasteiger partial charge in [-0.1, -0.05) is 6.07 Å². The van der Waals surface area contributed by atoms with Crippen LogP contribution in [0.2, 0.25) is 0 Å². The Labute approximate surface area is 142 Å². The van der Waals surface area contributed by atoms with Crippen LogP contribution in [0.1, 0.15) is 25.6 Å². The minimum atomic E-state index is -3.75. The molecule has 0 saturated carbocycles. The summed E-state index contributed by atoms with van der Waals surface area (Å²) in [5.74, 6) is 0. The van der Waals surface area contributed by atoms with E-state index in [0.717, 1.165) is 10.6 Å². The molecular weight excluding hydrogens is 352 g/mol. The first kappa shape index (κ1) is 16.2. The first-order chi connectivity index (χ1) is 10.9. The van der Waals surface area contributed by atoms with Gasteiger partial charge in [0.1, 0.15) is 10.6 Å². The topological polar surface area (TPSA) is 76.9 Å². The van der Waals surface area contributed by atoms with Gasteiger partial charge in [-0.05, 0) is 32.2 Å². The standard InChI is InChI=1S/C14H16N4O2S3/c1-9(2)18-7-12(13(16-18)11-5-4-6-21-11)23(19,20)17-14-15-10(3)8-22-14/h4-9H,1-3H3,(H,15,17). The fourth-order valence-electron chi connectivity index (χ4n) is 1.99. The average Bonchev–Trinajstić information content (AvgIpc) is 3.16. The van der Waals surface area contributed by atoms with Gasteiger partial charge in [-0.15, -0.1) is 22.7 Å². The number of nitrogens with one attached hydrogen (secondary N) is 1. The Kier molecular flexibility index (Phi) is 4.26. The number of sulfonamides is 1. The molecule has 6 nitrogen and oxygen atoms in total. The Balaban J connectivity index is 2.06. The molecule has 122 valence electrons. The Morgan fingerprint density at radius 2 is 2.09 bits per heavy atom. The maximum atomic E-state index is 12.8. The summed E-state index contributed by atoms with van der Waals surface area (Å²) in [6.45, 7) is 5.74. The van der Waals surface area contributed by atoms with Crippen molar-refractivity contribution in [3.05, 3.63) is 34.8 Å². The fourth-order valence-corrected chi connectivity index (χ4v) is 4.87. The maximum Gasteiger partial charge on any atom is 0.267 e. The highest BCUT2D eigenvalue weighted by atomic mass is 32.2. The number of rotatable bonds is 5. The lowest BCUT2D eigenvalue weighted by Gasteiger charge is -2.04. The lowest BCUT2D eigenvalue weighted by Crippen LogP contribution is -2.13. The van der Waals surface area contributed by atoms with Gasteiger partial charge < -0.3 is 0 Å². The van der Waals surface area contributed by atoms with Gasteiger partial charge in [0, 0.05) is 17.6 Å². The third-order valence-electron chi connectivity index (χ3n) is 3.11. The molecule has 9 heteroatoms. The lowest BCUT2D eigenvalue weighted by molar-refractivity contribution is 0.532. The summed E-state index contributed by atoms with van der Waals surface area (Å²) in [7, 11) is -3.75. The summed E-state index contributed by atoms with van der Waals surface area (Å²) in [4.78, 5) is 5.15. The molecule has 3 heterocycles. The fraction of sp³-hybridized carbons (Fsp3) is 0.286. The third-order valence-corrected chi connectivity index (χ3v) is 6.33. The summed E-state index contributed by atoms with van der Waals surface area (Å²) in [6, 6.07) is 3.81. The van der Waals surface area contributed by atoms with E-state index in [2.05, 4.69) is 14.8 Å². The number of hydrogen-bond donors (Lipinski definition) is 1. The van der Waals surface area contributed by atoms with Crippen LogP contribution in [0.3, 0.4) is 0 Å². The van der Waals surface area contributed by atoms with Gasteiger partial charge in [0.05, 0.1) is 10.6 Å². The molecule has 23 heavy (non-hydrogen) atoms. The Bertz CT molecular complexity index is 908. The Hall–Kier alpha value is -1.71. The predicted octanol–water partition coefficient (Wildman–Crippen LogP) is 3.76. The summed E-state index contributed by atoms with van der Waals surface area (Å²) in [5.41, 5.74) is 1.25. The highest BCUT2D eigenvalue weighted by Crippen LogP contribution is 2.32. The minimum absolute atomic E-state index is 0.0692. The van der Waals surface area contributed by atoms with E-state index in [0.29, 0.717) is 10.8 Å². The van der Waals surface area contributed by atoms with Crippen molar-refractivity contribution in [2.45, 2.75) is 31.7 Å². The smallest absolute Gasteiger partial charge is 0.267 e. The van der Waals surface area contributed by atoms with Gasteiger partial charge in [-0.25, -0.2) is 13.4 Å². The maximum absolute atomic E-state index is 12.8. The van der Waals surface area contributed by atoms with Gasteiger partial charge in [-0.3, -0.25) is 9.40 Å². The molecule has 0 unspecified atom stereocenters. The number of aryl methyl sites for hydroxylation is 1. The van der Waals surface area contributed by atoms with Gasteiger partial charge in [0.2, 0.25) is 0 Å². The molecule has 3 aromatic rings. The van der Waals surface area contributed by atoms with Crippen molar-refractivity contribution < 1.29 is 8.42 Å². The summed E-state index contributed by atoms with van der Waals surface area (Å²) in [5, 5.41) is 8.52. The zero-order valence-corrected chi connectivity index (χ0v) is 15.3. The normalized spacial score (nSPS) is 12.0. The molecule has 0 bridgehead atoms. The van der Waals surface area contributed by atoms with E-state index in [1.165, 1.54) is 22.7 Å². The zero-order valence-electron chi connectivity index (χ0n) is 12.8. The van der Waals surface area contributed by atoms with Crippen molar-refractivity contribution in [2.24, 2.45) is 0 Å². The van der Waals surface area contributed by atoms with E-state index in [4.69, 9.17) is 0 Å². The molecule has 0 aromatic carbocycles.